The molecular formula is C20H24Cl2Hf. The van der Waals surface area contributed by atoms with Crippen LogP contribution in [0.25, 0.3) is 6.08 Å². The molecule has 23 heavy (non-hydrogen) atoms. The normalized spacial score (nSPS) is 21.3. The average Bonchev–Trinajstić information content (AvgIpc) is 2.86. The zero-order valence-electron chi connectivity index (χ0n) is 14.7. The second-order valence-electron chi connectivity index (χ2n) is 6.70. The van der Waals surface area contributed by atoms with Crippen molar-refractivity contribution >= 4 is 6.08 Å². The van der Waals surface area contributed by atoms with Gasteiger partial charge in [-0.05, 0) is 0 Å². The Labute approximate surface area is 164 Å². The molecule has 1 aromatic carbocycles. The van der Waals surface area contributed by atoms with Crippen molar-refractivity contribution < 1.29 is 47.7 Å². The minimum absolute atomic E-state index is 0. The van der Waals surface area contributed by atoms with E-state index in [0.29, 0.717) is 9.09 Å². The molecule has 0 radical (unpaired) electrons. The van der Waals surface area contributed by atoms with Crippen molar-refractivity contribution in [1.82, 2.24) is 0 Å². The van der Waals surface area contributed by atoms with E-state index >= 15 is 0 Å². The summed E-state index contributed by atoms with van der Waals surface area (Å²) in [6, 6.07) is 8.94. The van der Waals surface area contributed by atoms with Crippen LogP contribution in [0.4, 0.5) is 0 Å². The predicted molar refractivity (Wildman–Crippen MR) is 87.9 cm³/mol. The SMILES string of the molecule is CC1=C(C)[C](C)([Hf+2][C]2=Cc3ccccc3C2C)C(C)=C1C.[Cl-].[Cl-]. The quantitative estimate of drug-likeness (QED) is 0.493. The molecule has 0 N–H and O–H groups in total. The van der Waals surface area contributed by atoms with Gasteiger partial charge in [0.15, 0.2) is 0 Å². The van der Waals surface area contributed by atoms with Crippen LogP contribution in [0.1, 0.15) is 58.6 Å². The van der Waals surface area contributed by atoms with Gasteiger partial charge in [-0.2, -0.15) is 0 Å². The smallest absolute Gasteiger partial charge is 1.00 e. The minimum atomic E-state index is -0.959. The Hall–Kier alpha value is -0.110. The molecule has 3 rings (SSSR count). The fourth-order valence-corrected chi connectivity index (χ4v) is 10.6. The van der Waals surface area contributed by atoms with Crippen molar-refractivity contribution in [3.05, 3.63) is 61.0 Å². The number of hydrogen-bond donors (Lipinski definition) is 0. The monoisotopic (exact) mass is 514 g/mol. The van der Waals surface area contributed by atoms with E-state index in [1.807, 2.05) is 0 Å². The first-order chi connectivity index (χ1) is 9.86. The van der Waals surface area contributed by atoms with Gasteiger partial charge >= 0.3 is 141 Å². The van der Waals surface area contributed by atoms with Crippen LogP contribution in [0.5, 0.6) is 0 Å². The minimum Gasteiger partial charge on any atom is -1.00 e. The molecule has 0 aliphatic heterocycles. The summed E-state index contributed by atoms with van der Waals surface area (Å²) in [6.45, 7) is 14.3. The number of allylic oxidation sites excluding steroid dienone is 5. The number of hydrogen-bond acceptors (Lipinski definition) is 0. The Bertz CT molecular complexity index is 686. The van der Waals surface area contributed by atoms with Gasteiger partial charge in [0, 0.05) is 0 Å². The third-order valence-electron chi connectivity index (χ3n) is 5.82. The van der Waals surface area contributed by atoms with Crippen LogP contribution >= 0.6 is 0 Å². The molecule has 3 heteroatoms. The molecule has 0 aromatic heterocycles. The Morgan fingerprint density at radius 2 is 1.43 bits per heavy atom. The van der Waals surface area contributed by atoms with E-state index in [1.54, 1.807) is 31.2 Å². The van der Waals surface area contributed by atoms with Crippen molar-refractivity contribution in [1.29, 1.82) is 0 Å². The maximum absolute atomic E-state index is 2.51. The van der Waals surface area contributed by atoms with Crippen LogP contribution in [0, 0.1) is 0 Å². The Balaban J connectivity index is 0.00000132. The molecule has 1 unspecified atom stereocenters. The zero-order chi connectivity index (χ0) is 15.4. The Morgan fingerprint density at radius 3 is 1.96 bits per heavy atom. The summed E-state index contributed by atoms with van der Waals surface area (Å²) >= 11 is -0.959. The zero-order valence-corrected chi connectivity index (χ0v) is 19.8. The molecule has 2 aliphatic rings. The van der Waals surface area contributed by atoms with E-state index in [2.05, 4.69) is 71.9 Å². The van der Waals surface area contributed by atoms with E-state index in [9.17, 15) is 0 Å². The van der Waals surface area contributed by atoms with Crippen LogP contribution in [0.3, 0.4) is 0 Å². The van der Waals surface area contributed by atoms with Crippen LogP contribution in [-0.4, -0.2) is 0 Å². The molecule has 0 saturated carbocycles. The maximum Gasteiger partial charge on any atom is -1.00 e. The first kappa shape index (κ1) is 20.9. The molecule has 1 aromatic rings. The summed E-state index contributed by atoms with van der Waals surface area (Å²) in [5.41, 5.74) is 9.39. The van der Waals surface area contributed by atoms with Gasteiger partial charge in [0.2, 0.25) is 0 Å². The maximum atomic E-state index is 2.51. The standard InChI is InChI=1S/C10H9.C10H15.2ClH.Hf/c1-8-6-7-9-4-2-3-5-10(8)9;1-6-7(2)9(4)10(5)8(6)3;;;/h2-5,7-8H,1H3;1-5H3;2*1H;/q;;;;+2/p-2. The third-order valence-corrected chi connectivity index (χ3v) is 13.4. The topological polar surface area (TPSA) is 0 Å². The number of fused-ring (bicyclic) bond motifs is 1. The summed E-state index contributed by atoms with van der Waals surface area (Å²) < 4.78 is 2.18. The van der Waals surface area contributed by atoms with Gasteiger partial charge in [-0.1, -0.05) is 0 Å². The molecular weight excluding hydrogens is 490 g/mol. The first-order valence-corrected chi connectivity index (χ1v) is 11.4. The van der Waals surface area contributed by atoms with Gasteiger partial charge in [-0.25, -0.2) is 0 Å². The summed E-state index contributed by atoms with van der Waals surface area (Å²) in [4.78, 5) is 0. The molecule has 0 heterocycles. The van der Waals surface area contributed by atoms with Gasteiger partial charge < -0.3 is 24.8 Å². The number of rotatable bonds is 2. The second-order valence-corrected chi connectivity index (χ2v) is 13.3. The van der Waals surface area contributed by atoms with Crippen LogP contribution in [0.2, 0.25) is 3.17 Å². The summed E-state index contributed by atoms with van der Waals surface area (Å²) in [5, 5.41) is 0. The van der Waals surface area contributed by atoms with E-state index in [4.69, 9.17) is 0 Å². The second kappa shape index (κ2) is 7.42. The number of benzene rings is 1. The molecule has 0 nitrogen and oxygen atoms in total. The fourth-order valence-electron chi connectivity index (χ4n) is 3.71. The van der Waals surface area contributed by atoms with E-state index < -0.39 is 22.9 Å². The van der Waals surface area contributed by atoms with E-state index in [0.717, 1.165) is 0 Å². The third kappa shape index (κ3) is 3.22. The van der Waals surface area contributed by atoms with Crippen LogP contribution in [-0.2, 0) is 22.9 Å². The Morgan fingerprint density at radius 1 is 0.913 bits per heavy atom. The van der Waals surface area contributed by atoms with Crippen molar-refractivity contribution in [2.75, 3.05) is 0 Å². The molecule has 0 amide bonds. The van der Waals surface area contributed by atoms with Gasteiger partial charge in [0.25, 0.3) is 0 Å². The summed E-state index contributed by atoms with van der Waals surface area (Å²) in [5.74, 6) is 0.642. The molecule has 122 valence electrons. The molecule has 0 fully saturated rings. The summed E-state index contributed by atoms with van der Waals surface area (Å²) in [7, 11) is 0. The van der Waals surface area contributed by atoms with Crippen molar-refractivity contribution in [2.24, 2.45) is 0 Å². The molecule has 2 aliphatic carbocycles. The largest absolute Gasteiger partial charge is 1.00 e. The molecule has 0 spiro atoms. The average molecular weight is 514 g/mol. The van der Waals surface area contributed by atoms with Crippen LogP contribution in [0.15, 0.2) is 49.9 Å². The van der Waals surface area contributed by atoms with Gasteiger partial charge in [0.05, 0.1) is 0 Å². The Kier molecular flexibility index (Phi) is 6.75. The predicted octanol–water partition coefficient (Wildman–Crippen LogP) is 0.100. The van der Waals surface area contributed by atoms with Crippen molar-refractivity contribution in [3.8, 4) is 0 Å². The van der Waals surface area contributed by atoms with Gasteiger partial charge in [-0.3, -0.25) is 0 Å². The summed E-state index contributed by atoms with van der Waals surface area (Å²) in [6.07, 6.45) is 2.51. The van der Waals surface area contributed by atoms with Gasteiger partial charge in [-0.15, -0.1) is 0 Å². The van der Waals surface area contributed by atoms with Crippen molar-refractivity contribution in [3.63, 3.8) is 0 Å². The van der Waals surface area contributed by atoms with Crippen molar-refractivity contribution in [2.45, 2.75) is 50.6 Å². The molecule has 0 saturated heterocycles. The molecule has 0 bridgehead atoms. The number of halogens is 2. The fraction of sp³-hybridized carbons (Fsp3) is 0.400. The van der Waals surface area contributed by atoms with Gasteiger partial charge in [0.1, 0.15) is 0 Å². The van der Waals surface area contributed by atoms with E-state index in [1.165, 1.54) is 5.56 Å². The van der Waals surface area contributed by atoms with E-state index in [-0.39, 0.29) is 24.8 Å². The van der Waals surface area contributed by atoms with Crippen LogP contribution < -0.4 is 24.8 Å². The molecule has 1 atom stereocenters. The first-order valence-electron chi connectivity index (χ1n) is 7.81.